The van der Waals surface area contributed by atoms with E-state index in [1.807, 2.05) is 0 Å². The van der Waals surface area contributed by atoms with Gasteiger partial charge >= 0.3 is 0 Å². The first kappa shape index (κ1) is 23.6. The second-order valence-electron chi connectivity index (χ2n) is 13.1. The first-order chi connectivity index (χ1) is 15.7. The molecule has 3 nitrogen and oxygen atoms in total. The number of nitrogens with zero attached hydrogens (tertiary/aromatic N) is 1. The lowest BCUT2D eigenvalue weighted by Crippen LogP contribution is -2.54. The van der Waals surface area contributed by atoms with Crippen LogP contribution in [-0.2, 0) is 15.9 Å². The molecule has 4 fully saturated rings. The molecule has 0 saturated heterocycles. The minimum Gasteiger partial charge on any atom is -0.415 e. The standard InChI is InChI=1S/C29H45NO2Si/c1-28-17-15-23(32-33(3,4)5)19-22(28)11-12-24-25-13-14-27(29(25,2)18-16-26(24)28)30-31-20-21-9-7-6-8-10-21/h6-10,22-26H,11-20H2,1-5H3. The van der Waals surface area contributed by atoms with E-state index in [9.17, 15) is 0 Å². The van der Waals surface area contributed by atoms with Gasteiger partial charge in [0.25, 0.3) is 0 Å². The monoisotopic (exact) mass is 467 g/mol. The third kappa shape index (κ3) is 4.47. The molecule has 0 spiro atoms. The van der Waals surface area contributed by atoms with Crippen LogP contribution in [0, 0.1) is 34.5 Å². The molecule has 0 bridgehead atoms. The Morgan fingerprint density at radius 1 is 0.939 bits per heavy atom. The summed E-state index contributed by atoms with van der Waals surface area (Å²) < 4.78 is 6.59. The van der Waals surface area contributed by atoms with Gasteiger partial charge in [-0.25, -0.2) is 0 Å². The highest BCUT2D eigenvalue weighted by Crippen LogP contribution is 2.65. The van der Waals surface area contributed by atoms with Crippen LogP contribution >= 0.6 is 0 Å². The first-order valence-electron chi connectivity index (χ1n) is 13.6. The van der Waals surface area contributed by atoms with Gasteiger partial charge in [0.2, 0.25) is 0 Å². The molecule has 4 aliphatic rings. The van der Waals surface area contributed by atoms with Crippen molar-refractivity contribution in [2.24, 2.45) is 39.7 Å². The molecule has 7 atom stereocenters. The summed E-state index contributed by atoms with van der Waals surface area (Å²) in [5.41, 5.74) is 3.32. The predicted octanol–water partition coefficient (Wildman–Crippen LogP) is 7.82. The quantitative estimate of drug-likeness (QED) is 0.326. The summed E-state index contributed by atoms with van der Waals surface area (Å²) in [6.07, 6.45) is 12.4. The van der Waals surface area contributed by atoms with Gasteiger partial charge in [-0.15, -0.1) is 0 Å². The number of oxime groups is 1. The van der Waals surface area contributed by atoms with E-state index in [4.69, 9.17) is 14.4 Å². The third-order valence-electron chi connectivity index (χ3n) is 10.1. The molecular weight excluding hydrogens is 422 g/mol. The summed E-state index contributed by atoms with van der Waals surface area (Å²) in [5, 5.41) is 4.76. The number of benzene rings is 1. The summed E-state index contributed by atoms with van der Waals surface area (Å²) in [6, 6.07) is 10.4. The Hall–Kier alpha value is -1.13. The molecule has 0 aliphatic heterocycles. The summed E-state index contributed by atoms with van der Waals surface area (Å²) in [4.78, 5) is 5.89. The number of fused-ring (bicyclic) bond motifs is 5. The van der Waals surface area contributed by atoms with Crippen LogP contribution in [0.2, 0.25) is 19.6 Å². The fourth-order valence-electron chi connectivity index (χ4n) is 8.52. The van der Waals surface area contributed by atoms with E-state index in [0.29, 0.717) is 18.1 Å². The van der Waals surface area contributed by atoms with Crippen LogP contribution in [0.1, 0.15) is 77.2 Å². The molecule has 1 aromatic rings. The molecule has 1 aromatic carbocycles. The third-order valence-corrected chi connectivity index (χ3v) is 11.2. The zero-order chi connectivity index (χ0) is 23.3. The normalized spacial score (nSPS) is 41.8. The fourth-order valence-corrected chi connectivity index (χ4v) is 9.74. The summed E-state index contributed by atoms with van der Waals surface area (Å²) in [5.74, 6) is 3.43. The van der Waals surface area contributed by atoms with Crippen LogP contribution in [0.15, 0.2) is 35.5 Å². The Kier molecular flexibility index (Phi) is 6.31. The van der Waals surface area contributed by atoms with Crippen molar-refractivity contribution in [1.29, 1.82) is 0 Å². The maximum atomic E-state index is 6.59. The lowest BCUT2D eigenvalue weighted by Gasteiger charge is -2.60. The van der Waals surface area contributed by atoms with Crippen molar-refractivity contribution < 1.29 is 9.26 Å². The minimum absolute atomic E-state index is 0.249. The Bertz CT molecular complexity index is 864. The Morgan fingerprint density at radius 3 is 2.48 bits per heavy atom. The van der Waals surface area contributed by atoms with E-state index in [-0.39, 0.29) is 5.41 Å². The molecule has 7 unspecified atom stereocenters. The van der Waals surface area contributed by atoms with Crippen LogP contribution in [0.4, 0.5) is 0 Å². The van der Waals surface area contributed by atoms with Crippen molar-refractivity contribution in [3.05, 3.63) is 35.9 Å². The van der Waals surface area contributed by atoms with Crippen molar-refractivity contribution in [1.82, 2.24) is 0 Å². The molecule has 5 rings (SSSR count). The molecule has 33 heavy (non-hydrogen) atoms. The van der Waals surface area contributed by atoms with Gasteiger partial charge < -0.3 is 9.26 Å². The van der Waals surface area contributed by atoms with E-state index in [1.54, 1.807) is 0 Å². The van der Waals surface area contributed by atoms with Crippen LogP contribution in [0.3, 0.4) is 0 Å². The molecule has 182 valence electrons. The summed E-state index contributed by atoms with van der Waals surface area (Å²) in [6.45, 7) is 12.8. The SMILES string of the molecule is CC12CCC3C(CCC4CC(O[Si](C)(C)C)CCC43C)C1CCC2=NOCc1ccccc1. The van der Waals surface area contributed by atoms with Gasteiger partial charge in [0, 0.05) is 11.5 Å². The Morgan fingerprint density at radius 2 is 1.73 bits per heavy atom. The molecule has 4 saturated carbocycles. The molecule has 0 heterocycles. The molecule has 4 heteroatoms. The van der Waals surface area contributed by atoms with Gasteiger partial charge in [-0.1, -0.05) is 49.3 Å². The van der Waals surface area contributed by atoms with Crippen LogP contribution in [0.25, 0.3) is 0 Å². The lowest BCUT2D eigenvalue weighted by molar-refractivity contribution is -0.111. The van der Waals surface area contributed by atoms with E-state index in [1.165, 1.54) is 62.6 Å². The lowest BCUT2D eigenvalue weighted by atomic mass is 9.45. The zero-order valence-electron chi connectivity index (χ0n) is 21.6. The van der Waals surface area contributed by atoms with Gasteiger partial charge in [0.15, 0.2) is 8.32 Å². The summed E-state index contributed by atoms with van der Waals surface area (Å²) in [7, 11) is -1.45. The van der Waals surface area contributed by atoms with Crippen molar-refractivity contribution in [3.63, 3.8) is 0 Å². The van der Waals surface area contributed by atoms with Gasteiger partial charge in [-0.3, -0.25) is 0 Å². The fraction of sp³-hybridized carbons (Fsp3) is 0.759. The van der Waals surface area contributed by atoms with E-state index < -0.39 is 8.32 Å². The molecule has 0 N–H and O–H groups in total. The summed E-state index contributed by atoms with van der Waals surface area (Å²) >= 11 is 0. The number of rotatable bonds is 5. The molecule has 4 aliphatic carbocycles. The van der Waals surface area contributed by atoms with Crippen LogP contribution in [-0.4, -0.2) is 20.1 Å². The topological polar surface area (TPSA) is 30.8 Å². The second kappa shape index (κ2) is 8.82. The van der Waals surface area contributed by atoms with Gasteiger partial charge in [-0.2, -0.15) is 0 Å². The molecular formula is C29H45NO2Si. The highest BCUT2D eigenvalue weighted by Gasteiger charge is 2.59. The Labute approximate surface area is 202 Å². The van der Waals surface area contributed by atoms with Crippen molar-refractivity contribution in [2.45, 2.75) is 104 Å². The second-order valence-corrected chi connectivity index (χ2v) is 17.5. The molecule has 0 amide bonds. The van der Waals surface area contributed by atoms with Crippen molar-refractivity contribution in [3.8, 4) is 0 Å². The van der Waals surface area contributed by atoms with Gasteiger partial charge in [0.05, 0.1) is 5.71 Å². The maximum Gasteiger partial charge on any atom is 0.184 e. The van der Waals surface area contributed by atoms with E-state index in [2.05, 4.69) is 63.8 Å². The van der Waals surface area contributed by atoms with Crippen LogP contribution < -0.4 is 0 Å². The maximum absolute atomic E-state index is 6.59. The van der Waals surface area contributed by atoms with Crippen molar-refractivity contribution in [2.75, 3.05) is 0 Å². The highest BCUT2D eigenvalue weighted by molar-refractivity contribution is 6.69. The average Bonchev–Trinajstić information content (AvgIpc) is 3.10. The number of hydrogen-bond donors (Lipinski definition) is 0. The largest absolute Gasteiger partial charge is 0.415 e. The minimum atomic E-state index is -1.45. The van der Waals surface area contributed by atoms with Gasteiger partial charge in [-0.05, 0) is 112 Å². The zero-order valence-corrected chi connectivity index (χ0v) is 22.6. The van der Waals surface area contributed by atoms with E-state index >= 15 is 0 Å². The predicted molar refractivity (Wildman–Crippen MR) is 139 cm³/mol. The first-order valence-corrected chi connectivity index (χ1v) is 17.0. The highest BCUT2D eigenvalue weighted by atomic mass is 28.4. The van der Waals surface area contributed by atoms with Crippen molar-refractivity contribution >= 4 is 14.0 Å². The van der Waals surface area contributed by atoms with E-state index in [0.717, 1.165) is 30.1 Å². The number of hydrogen-bond acceptors (Lipinski definition) is 3. The van der Waals surface area contributed by atoms with Gasteiger partial charge in [0.1, 0.15) is 6.61 Å². The smallest absolute Gasteiger partial charge is 0.184 e. The molecule has 0 radical (unpaired) electrons. The average molecular weight is 468 g/mol. The van der Waals surface area contributed by atoms with Crippen LogP contribution in [0.5, 0.6) is 0 Å². The Balaban J connectivity index is 1.26. The molecule has 0 aromatic heterocycles.